The molecule has 0 aliphatic heterocycles. The quantitative estimate of drug-likeness (QED) is 0.465. The van der Waals surface area contributed by atoms with E-state index in [0.29, 0.717) is 29.2 Å². The van der Waals surface area contributed by atoms with E-state index in [-0.39, 0.29) is 11.5 Å². The molecule has 0 bridgehead atoms. The predicted octanol–water partition coefficient (Wildman–Crippen LogP) is 4.08. The molecule has 0 radical (unpaired) electrons. The monoisotopic (exact) mass is 436 g/mol. The highest BCUT2D eigenvalue weighted by Crippen LogP contribution is 2.68. The lowest BCUT2D eigenvalue weighted by atomic mass is 9.43. The molecule has 31 heavy (non-hydrogen) atoms. The smallest absolute Gasteiger partial charge is 0.0748 e. The summed E-state index contributed by atoms with van der Waals surface area (Å²) in [6.07, 6.45) is 11.7. The Morgan fingerprint density at radius 2 is 1.68 bits per heavy atom. The molecule has 0 aromatic heterocycles. The van der Waals surface area contributed by atoms with Gasteiger partial charge in [-0.2, -0.15) is 5.06 Å². The molecule has 4 rings (SSSR count). The third-order valence-corrected chi connectivity index (χ3v) is 10.5. The molecule has 0 heterocycles. The molecule has 4 aliphatic carbocycles. The highest BCUT2D eigenvalue weighted by atomic mass is 16.7. The predicted molar refractivity (Wildman–Crippen MR) is 124 cm³/mol. The third kappa shape index (κ3) is 4.01. The van der Waals surface area contributed by atoms with Crippen molar-refractivity contribution >= 4 is 0 Å². The van der Waals surface area contributed by atoms with Crippen LogP contribution in [0, 0.1) is 28.6 Å². The van der Waals surface area contributed by atoms with Crippen molar-refractivity contribution in [1.29, 1.82) is 0 Å². The standard InChI is InChI=1S/C26H48N2O3/c1-24-13-10-20(29)18-19(24)8-9-22-21(24)11-14-25(2)23(12-15-26(22,25)30)28(5)31-17-7-6-16-27(3)4/h19-23,29-30H,6-18H2,1-5H3/t19-,20+,21+,22-,23+,24+,25-,26+/m1/s1. The van der Waals surface area contributed by atoms with Gasteiger partial charge in [-0.1, -0.05) is 13.8 Å². The fourth-order valence-corrected chi connectivity index (χ4v) is 8.59. The number of hydrogen-bond acceptors (Lipinski definition) is 5. The Hall–Kier alpha value is -0.200. The van der Waals surface area contributed by atoms with Crippen LogP contribution in [0.2, 0.25) is 0 Å². The van der Waals surface area contributed by atoms with Crippen molar-refractivity contribution in [1.82, 2.24) is 9.96 Å². The van der Waals surface area contributed by atoms with Crippen LogP contribution in [0.25, 0.3) is 0 Å². The first-order chi connectivity index (χ1) is 14.6. The minimum Gasteiger partial charge on any atom is -0.393 e. The number of hydrogen-bond donors (Lipinski definition) is 2. The molecule has 0 aromatic rings. The summed E-state index contributed by atoms with van der Waals surface area (Å²) in [5.74, 6) is 1.64. The van der Waals surface area contributed by atoms with E-state index in [4.69, 9.17) is 4.84 Å². The number of nitrogens with zero attached hydrogens (tertiary/aromatic N) is 2. The van der Waals surface area contributed by atoms with E-state index in [0.717, 1.165) is 70.9 Å². The fourth-order valence-electron chi connectivity index (χ4n) is 8.59. The topological polar surface area (TPSA) is 56.2 Å². The van der Waals surface area contributed by atoms with Crippen molar-refractivity contribution < 1.29 is 15.1 Å². The van der Waals surface area contributed by atoms with Gasteiger partial charge in [-0.15, -0.1) is 0 Å². The van der Waals surface area contributed by atoms with Gasteiger partial charge in [0.15, 0.2) is 0 Å². The third-order valence-electron chi connectivity index (χ3n) is 10.5. The molecular formula is C26H48N2O3. The van der Waals surface area contributed by atoms with Gasteiger partial charge in [0.2, 0.25) is 0 Å². The lowest BCUT2D eigenvalue weighted by Gasteiger charge is -2.63. The lowest BCUT2D eigenvalue weighted by Crippen LogP contribution is -2.64. The molecule has 0 spiro atoms. The van der Waals surface area contributed by atoms with Crippen LogP contribution in [0.5, 0.6) is 0 Å². The molecule has 0 saturated heterocycles. The minimum atomic E-state index is -0.576. The maximum Gasteiger partial charge on any atom is 0.0748 e. The number of hydroxylamine groups is 2. The number of rotatable bonds is 7. The minimum absolute atomic E-state index is 0.0933. The Labute approximate surface area is 190 Å². The Morgan fingerprint density at radius 1 is 0.903 bits per heavy atom. The zero-order valence-electron chi connectivity index (χ0n) is 20.8. The van der Waals surface area contributed by atoms with Crippen LogP contribution < -0.4 is 0 Å². The van der Waals surface area contributed by atoms with Gasteiger partial charge in [0.1, 0.15) is 0 Å². The largest absolute Gasteiger partial charge is 0.393 e. The lowest BCUT2D eigenvalue weighted by molar-refractivity contribution is -0.244. The molecule has 0 unspecified atom stereocenters. The van der Waals surface area contributed by atoms with Crippen molar-refractivity contribution in [2.75, 3.05) is 34.3 Å². The van der Waals surface area contributed by atoms with E-state index in [1.807, 2.05) is 0 Å². The summed E-state index contributed by atoms with van der Waals surface area (Å²) in [4.78, 5) is 8.42. The molecule has 0 amide bonds. The zero-order valence-corrected chi connectivity index (χ0v) is 20.8. The van der Waals surface area contributed by atoms with Crippen molar-refractivity contribution in [3.63, 3.8) is 0 Å². The van der Waals surface area contributed by atoms with Crippen LogP contribution in [0.15, 0.2) is 0 Å². The second-order valence-corrected chi connectivity index (χ2v) is 12.2. The van der Waals surface area contributed by atoms with Gasteiger partial charge < -0.3 is 15.1 Å². The van der Waals surface area contributed by atoms with Crippen LogP contribution in [-0.4, -0.2) is 72.2 Å². The fraction of sp³-hybridized carbons (Fsp3) is 1.00. The van der Waals surface area contributed by atoms with Gasteiger partial charge in [0.25, 0.3) is 0 Å². The van der Waals surface area contributed by atoms with Crippen molar-refractivity contribution in [2.24, 2.45) is 28.6 Å². The van der Waals surface area contributed by atoms with E-state index >= 15 is 0 Å². The van der Waals surface area contributed by atoms with Gasteiger partial charge >= 0.3 is 0 Å². The molecule has 4 saturated carbocycles. The molecule has 5 nitrogen and oxygen atoms in total. The number of unbranched alkanes of at least 4 members (excludes halogenated alkanes) is 1. The maximum atomic E-state index is 12.3. The van der Waals surface area contributed by atoms with Crippen molar-refractivity contribution in [2.45, 2.75) is 102 Å². The average molecular weight is 437 g/mol. The molecule has 4 aliphatic rings. The van der Waals surface area contributed by atoms with E-state index in [1.54, 1.807) is 0 Å². The average Bonchev–Trinajstić information content (AvgIpc) is 2.99. The normalized spacial score (nSPS) is 47.3. The summed E-state index contributed by atoms with van der Waals surface area (Å²) in [6.45, 7) is 6.71. The van der Waals surface area contributed by atoms with Crippen LogP contribution >= 0.6 is 0 Å². The summed E-state index contributed by atoms with van der Waals surface area (Å²) in [6, 6.07) is 0.297. The van der Waals surface area contributed by atoms with Crippen molar-refractivity contribution in [3.8, 4) is 0 Å². The molecule has 4 fully saturated rings. The van der Waals surface area contributed by atoms with E-state index in [2.05, 4.69) is 45.0 Å². The SMILES string of the molecule is CN(C)CCCCON(C)[C@H]1CC[C@]2(O)[C@@H]3CC[C@@H]4C[C@@H](O)CC[C@]4(C)[C@H]3CC[C@]12C. The Morgan fingerprint density at radius 3 is 2.42 bits per heavy atom. The summed E-state index contributed by atoms with van der Waals surface area (Å²) >= 11 is 0. The van der Waals surface area contributed by atoms with Crippen LogP contribution in [0.4, 0.5) is 0 Å². The molecule has 0 aromatic carbocycles. The second-order valence-electron chi connectivity index (χ2n) is 12.2. The highest BCUT2D eigenvalue weighted by molar-refractivity contribution is 5.18. The first-order valence-electron chi connectivity index (χ1n) is 13.0. The summed E-state index contributed by atoms with van der Waals surface area (Å²) < 4.78 is 0. The Bertz CT molecular complexity index is 630. The number of aliphatic hydroxyl groups excluding tert-OH is 1. The van der Waals surface area contributed by atoms with E-state index in [1.165, 1.54) is 12.8 Å². The van der Waals surface area contributed by atoms with E-state index < -0.39 is 5.60 Å². The summed E-state index contributed by atoms with van der Waals surface area (Å²) in [5, 5.41) is 24.6. The van der Waals surface area contributed by atoms with Crippen molar-refractivity contribution in [3.05, 3.63) is 0 Å². The number of fused-ring (bicyclic) bond motifs is 5. The Kier molecular flexibility index (Phi) is 6.85. The molecule has 5 heteroatoms. The molecule has 180 valence electrons. The molecular weight excluding hydrogens is 388 g/mol. The second kappa shape index (κ2) is 8.87. The maximum absolute atomic E-state index is 12.3. The first-order valence-corrected chi connectivity index (χ1v) is 13.0. The summed E-state index contributed by atoms with van der Waals surface area (Å²) in [5.41, 5.74) is -0.372. The van der Waals surface area contributed by atoms with Crippen LogP contribution in [-0.2, 0) is 4.84 Å². The zero-order chi connectivity index (χ0) is 22.4. The number of aliphatic hydroxyl groups is 2. The van der Waals surface area contributed by atoms with Gasteiger partial charge in [-0.05, 0) is 114 Å². The highest BCUT2D eigenvalue weighted by Gasteiger charge is 2.67. The summed E-state index contributed by atoms with van der Waals surface area (Å²) in [7, 11) is 6.33. The first kappa shape index (κ1) is 23.9. The molecule has 8 atom stereocenters. The van der Waals surface area contributed by atoms with Gasteiger partial charge in [0, 0.05) is 18.5 Å². The Balaban J connectivity index is 1.43. The van der Waals surface area contributed by atoms with E-state index in [9.17, 15) is 10.2 Å². The van der Waals surface area contributed by atoms with Crippen LogP contribution in [0.1, 0.15) is 84.5 Å². The van der Waals surface area contributed by atoms with Gasteiger partial charge in [-0.25, -0.2) is 0 Å². The van der Waals surface area contributed by atoms with Gasteiger partial charge in [-0.3, -0.25) is 4.84 Å². The van der Waals surface area contributed by atoms with Gasteiger partial charge in [0.05, 0.1) is 18.3 Å². The van der Waals surface area contributed by atoms with Crippen LogP contribution in [0.3, 0.4) is 0 Å². The molecule has 2 N–H and O–H groups in total.